The van der Waals surface area contributed by atoms with Crippen LogP contribution in [-0.4, -0.2) is 27.5 Å². The molecule has 0 atom stereocenters. The van der Waals surface area contributed by atoms with Crippen molar-refractivity contribution in [1.82, 2.24) is 10.0 Å². The smallest absolute Gasteiger partial charge is 0.251 e. The highest BCUT2D eigenvalue weighted by Gasteiger charge is 2.18. The Kier molecular flexibility index (Phi) is 6.13. The van der Waals surface area contributed by atoms with Gasteiger partial charge in [0.1, 0.15) is 5.75 Å². The first kappa shape index (κ1) is 19.4. The third kappa shape index (κ3) is 4.87. The monoisotopic (exact) mass is 388 g/mol. The minimum Gasteiger partial charge on any atom is -0.490 e. The molecule has 1 saturated carbocycles. The summed E-state index contributed by atoms with van der Waals surface area (Å²) in [5, 5.41) is 2.87. The molecule has 0 radical (unpaired) electrons. The van der Waals surface area contributed by atoms with Gasteiger partial charge >= 0.3 is 0 Å². The molecular weight excluding hydrogens is 364 g/mol. The topological polar surface area (TPSA) is 84.5 Å². The molecule has 27 heavy (non-hydrogen) atoms. The van der Waals surface area contributed by atoms with Gasteiger partial charge in [0.05, 0.1) is 11.0 Å². The quantitative estimate of drug-likeness (QED) is 0.764. The molecule has 1 fully saturated rings. The summed E-state index contributed by atoms with van der Waals surface area (Å²) in [6, 6.07) is 13.5. The minimum absolute atomic E-state index is 0.122. The number of benzene rings is 2. The van der Waals surface area contributed by atoms with Crippen molar-refractivity contribution in [2.24, 2.45) is 0 Å². The molecule has 0 saturated heterocycles. The third-order valence-electron chi connectivity index (χ3n) is 4.70. The van der Waals surface area contributed by atoms with Crippen LogP contribution in [0.5, 0.6) is 5.75 Å². The second kappa shape index (κ2) is 8.54. The Morgan fingerprint density at radius 3 is 2.41 bits per heavy atom. The minimum atomic E-state index is -3.51. The molecule has 0 unspecified atom stereocenters. The zero-order valence-electron chi connectivity index (χ0n) is 15.3. The number of carbonyl (C=O) groups is 1. The lowest BCUT2D eigenvalue weighted by Gasteiger charge is -2.16. The van der Waals surface area contributed by atoms with E-state index in [1.54, 1.807) is 0 Å². The highest BCUT2D eigenvalue weighted by atomic mass is 32.2. The number of sulfonamides is 1. The van der Waals surface area contributed by atoms with Crippen LogP contribution in [-0.2, 0) is 16.6 Å². The summed E-state index contributed by atoms with van der Waals surface area (Å²) >= 11 is 0. The van der Waals surface area contributed by atoms with Gasteiger partial charge in [-0.2, -0.15) is 0 Å². The van der Waals surface area contributed by atoms with E-state index in [4.69, 9.17) is 4.74 Å². The Morgan fingerprint density at radius 1 is 1.07 bits per heavy atom. The van der Waals surface area contributed by atoms with Crippen molar-refractivity contribution in [1.29, 1.82) is 0 Å². The Labute approximate surface area is 160 Å². The Bertz CT molecular complexity index is 888. The van der Waals surface area contributed by atoms with E-state index in [9.17, 15) is 13.2 Å². The zero-order chi connectivity index (χ0) is 19.3. The van der Waals surface area contributed by atoms with Crippen LogP contribution < -0.4 is 14.8 Å². The molecule has 0 aromatic heterocycles. The highest BCUT2D eigenvalue weighted by molar-refractivity contribution is 7.89. The third-order valence-corrected chi connectivity index (χ3v) is 6.13. The van der Waals surface area contributed by atoms with Crippen molar-refractivity contribution < 1.29 is 17.9 Å². The van der Waals surface area contributed by atoms with Crippen LogP contribution in [0.2, 0.25) is 0 Å². The summed E-state index contributed by atoms with van der Waals surface area (Å²) in [5.74, 6) is 0.541. The number of hydrogen-bond donors (Lipinski definition) is 2. The zero-order valence-corrected chi connectivity index (χ0v) is 16.1. The molecule has 1 aliphatic carbocycles. The second-order valence-electron chi connectivity index (χ2n) is 6.55. The lowest BCUT2D eigenvalue weighted by atomic mass is 10.1. The molecule has 0 bridgehead atoms. The maximum Gasteiger partial charge on any atom is 0.251 e. The van der Waals surface area contributed by atoms with Crippen molar-refractivity contribution in [2.45, 2.75) is 43.2 Å². The molecule has 7 heteroatoms. The highest BCUT2D eigenvalue weighted by Crippen LogP contribution is 2.26. The van der Waals surface area contributed by atoms with Crippen LogP contribution in [0.3, 0.4) is 0 Å². The van der Waals surface area contributed by atoms with Gasteiger partial charge in [-0.15, -0.1) is 0 Å². The summed E-state index contributed by atoms with van der Waals surface area (Å²) < 4.78 is 31.8. The number of amides is 1. The van der Waals surface area contributed by atoms with Crippen LogP contribution in [0, 0.1) is 0 Å². The molecule has 2 aromatic rings. The molecule has 6 nitrogen and oxygen atoms in total. The van der Waals surface area contributed by atoms with E-state index < -0.39 is 10.0 Å². The van der Waals surface area contributed by atoms with Gasteiger partial charge in [-0.1, -0.05) is 18.2 Å². The van der Waals surface area contributed by atoms with Gasteiger partial charge in [0.25, 0.3) is 5.91 Å². The van der Waals surface area contributed by atoms with Crippen molar-refractivity contribution in [2.75, 3.05) is 7.05 Å². The van der Waals surface area contributed by atoms with Crippen LogP contribution in [0.25, 0.3) is 0 Å². The number of nitrogens with one attached hydrogen (secondary N) is 2. The van der Waals surface area contributed by atoms with Crippen molar-refractivity contribution >= 4 is 15.9 Å². The Morgan fingerprint density at radius 2 is 1.74 bits per heavy atom. The average molecular weight is 388 g/mol. The van der Waals surface area contributed by atoms with Gasteiger partial charge in [-0.3, -0.25) is 4.79 Å². The van der Waals surface area contributed by atoms with Crippen molar-refractivity contribution in [3.8, 4) is 5.75 Å². The van der Waals surface area contributed by atoms with E-state index >= 15 is 0 Å². The summed E-state index contributed by atoms with van der Waals surface area (Å²) in [6.45, 7) is 0.346. The van der Waals surface area contributed by atoms with Gasteiger partial charge in [0, 0.05) is 17.7 Å². The predicted octanol–water partition coefficient (Wildman–Crippen LogP) is 2.85. The lowest BCUT2D eigenvalue weighted by molar-refractivity contribution is 0.0950. The lowest BCUT2D eigenvalue weighted by Crippen LogP contribution is -2.24. The molecule has 0 spiro atoms. The number of hydrogen-bond acceptors (Lipinski definition) is 4. The van der Waals surface area contributed by atoms with Crippen LogP contribution in [0.1, 0.15) is 41.6 Å². The van der Waals surface area contributed by atoms with E-state index in [0.717, 1.165) is 24.2 Å². The Balaban J connectivity index is 1.64. The SMILES string of the molecule is CNS(=O)(=O)c1ccc(C(=O)NCc2ccccc2OC2CCCC2)cc1. The van der Waals surface area contributed by atoms with Gasteiger partial charge in [-0.05, 0) is 63.1 Å². The summed E-state index contributed by atoms with van der Waals surface area (Å²) in [6.07, 6.45) is 4.79. The van der Waals surface area contributed by atoms with Gasteiger partial charge in [-0.25, -0.2) is 13.1 Å². The van der Waals surface area contributed by atoms with E-state index in [1.165, 1.54) is 44.2 Å². The molecule has 2 N–H and O–H groups in total. The van der Waals surface area contributed by atoms with Crippen LogP contribution in [0.4, 0.5) is 0 Å². The van der Waals surface area contributed by atoms with Crippen LogP contribution in [0.15, 0.2) is 53.4 Å². The van der Waals surface area contributed by atoms with Crippen molar-refractivity contribution in [3.63, 3.8) is 0 Å². The maximum atomic E-state index is 12.4. The van der Waals surface area contributed by atoms with E-state index in [-0.39, 0.29) is 16.9 Å². The number of ether oxygens (including phenoxy) is 1. The first-order chi connectivity index (χ1) is 13.0. The second-order valence-corrected chi connectivity index (χ2v) is 8.43. The molecule has 2 aromatic carbocycles. The fourth-order valence-electron chi connectivity index (χ4n) is 3.13. The molecule has 3 rings (SSSR count). The normalized spacial score (nSPS) is 14.9. The van der Waals surface area contributed by atoms with Gasteiger partial charge in [0.15, 0.2) is 0 Å². The standard InChI is InChI=1S/C20H24N2O4S/c1-21-27(24,25)18-12-10-15(11-13-18)20(23)22-14-16-6-2-5-9-19(16)26-17-7-3-4-8-17/h2,5-6,9-13,17,21H,3-4,7-8,14H2,1H3,(H,22,23). The summed E-state index contributed by atoms with van der Waals surface area (Å²) in [7, 11) is -2.16. The van der Waals surface area contributed by atoms with E-state index in [2.05, 4.69) is 10.0 Å². The van der Waals surface area contributed by atoms with E-state index in [0.29, 0.717) is 12.1 Å². The summed E-state index contributed by atoms with van der Waals surface area (Å²) in [5.41, 5.74) is 1.33. The molecule has 1 aliphatic rings. The van der Waals surface area contributed by atoms with Gasteiger partial charge in [0.2, 0.25) is 10.0 Å². The predicted molar refractivity (Wildman–Crippen MR) is 103 cm³/mol. The van der Waals surface area contributed by atoms with Crippen molar-refractivity contribution in [3.05, 3.63) is 59.7 Å². The molecule has 0 heterocycles. The van der Waals surface area contributed by atoms with Crippen LogP contribution >= 0.6 is 0 Å². The van der Waals surface area contributed by atoms with Gasteiger partial charge < -0.3 is 10.1 Å². The number of rotatable bonds is 7. The molecule has 1 amide bonds. The maximum absolute atomic E-state index is 12.4. The largest absolute Gasteiger partial charge is 0.490 e. The molecule has 144 valence electrons. The number of para-hydroxylation sites is 1. The number of carbonyl (C=O) groups excluding carboxylic acids is 1. The fourth-order valence-corrected chi connectivity index (χ4v) is 3.86. The molecule has 0 aliphatic heterocycles. The average Bonchev–Trinajstić information content (AvgIpc) is 3.20. The summed E-state index contributed by atoms with van der Waals surface area (Å²) in [4.78, 5) is 12.5. The fraction of sp³-hybridized carbons (Fsp3) is 0.350. The first-order valence-electron chi connectivity index (χ1n) is 9.06. The Hall–Kier alpha value is -2.38. The molecular formula is C20H24N2O4S. The first-order valence-corrected chi connectivity index (χ1v) is 10.5. The van der Waals surface area contributed by atoms with E-state index in [1.807, 2.05) is 24.3 Å².